The van der Waals surface area contributed by atoms with Gasteiger partial charge in [-0.05, 0) is 65.2 Å². The summed E-state index contributed by atoms with van der Waals surface area (Å²) in [5.41, 5.74) is 9.83. The third-order valence-corrected chi connectivity index (χ3v) is 7.85. The van der Waals surface area contributed by atoms with Crippen LogP contribution in [0.15, 0.2) is 77.7 Å². The number of hydrogen-bond donors (Lipinski definition) is 1. The van der Waals surface area contributed by atoms with Gasteiger partial charge in [-0.1, -0.05) is 36.4 Å². The fourth-order valence-corrected chi connectivity index (χ4v) is 5.33. The number of anilines is 1. The molecule has 0 heterocycles. The maximum absolute atomic E-state index is 6.10. The molecule has 0 aliphatic heterocycles. The summed E-state index contributed by atoms with van der Waals surface area (Å²) in [4.78, 5) is 1.05. The summed E-state index contributed by atoms with van der Waals surface area (Å²) in [7, 11) is 8.04. The van der Waals surface area contributed by atoms with E-state index in [1.807, 2.05) is 84.9 Å². The number of para-hydroxylation sites is 1. The monoisotopic (exact) mass is 617 g/mol. The van der Waals surface area contributed by atoms with Gasteiger partial charge in [0.25, 0.3) is 0 Å². The summed E-state index contributed by atoms with van der Waals surface area (Å²) in [5, 5.41) is 0. The Labute approximate surface area is 263 Å². The maximum atomic E-state index is 6.10. The molecule has 0 saturated carbocycles. The van der Waals surface area contributed by atoms with E-state index in [0.29, 0.717) is 59.9 Å². The lowest BCUT2D eigenvalue weighted by Crippen LogP contribution is -2.06. The summed E-state index contributed by atoms with van der Waals surface area (Å²) in [6.07, 6.45) is 4.62. The average molecular weight is 618 g/mol. The highest BCUT2D eigenvalue weighted by atomic mass is 32.2. The molecular weight excluding hydrogens is 578 g/mol. The number of ether oxygens (including phenoxy) is 7. The molecule has 0 amide bonds. The molecule has 0 fully saturated rings. The van der Waals surface area contributed by atoms with Crippen LogP contribution in [0.2, 0.25) is 0 Å². The molecule has 4 aromatic carbocycles. The fourth-order valence-electron chi connectivity index (χ4n) is 4.42. The van der Waals surface area contributed by atoms with Gasteiger partial charge in [0.15, 0.2) is 34.5 Å². The lowest BCUT2D eigenvalue weighted by molar-refractivity contribution is 0.234. The van der Waals surface area contributed by atoms with Gasteiger partial charge in [-0.15, -0.1) is 11.8 Å². The van der Waals surface area contributed by atoms with Crippen LogP contribution in [-0.2, 0) is 5.75 Å². The number of benzene rings is 4. The Morgan fingerprint density at radius 1 is 0.591 bits per heavy atom. The minimum atomic E-state index is 0.446. The van der Waals surface area contributed by atoms with Gasteiger partial charge in [-0.25, -0.2) is 0 Å². The van der Waals surface area contributed by atoms with Gasteiger partial charge in [-0.2, -0.15) is 0 Å². The molecule has 0 saturated heterocycles. The van der Waals surface area contributed by atoms with Gasteiger partial charge < -0.3 is 38.9 Å². The van der Waals surface area contributed by atoms with E-state index in [2.05, 4.69) is 0 Å². The van der Waals surface area contributed by atoms with Crippen molar-refractivity contribution in [3.05, 3.63) is 89.5 Å². The van der Waals surface area contributed by atoms with Crippen LogP contribution in [0.1, 0.15) is 23.1 Å². The molecule has 0 unspecified atom stereocenters. The summed E-state index contributed by atoms with van der Waals surface area (Å²) in [5.74, 6) is 5.19. The third kappa shape index (κ3) is 8.48. The van der Waals surface area contributed by atoms with Gasteiger partial charge in [0.1, 0.15) is 0 Å². The van der Waals surface area contributed by atoms with E-state index in [0.717, 1.165) is 33.0 Å². The Kier molecular flexibility index (Phi) is 11.9. The molecule has 8 nitrogen and oxygen atoms in total. The van der Waals surface area contributed by atoms with E-state index in [9.17, 15) is 0 Å². The molecule has 0 radical (unpaired) electrons. The first kappa shape index (κ1) is 32.3. The smallest absolute Gasteiger partial charge is 0.203 e. The van der Waals surface area contributed by atoms with Crippen molar-refractivity contribution < 1.29 is 33.2 Å². The molecule has 44 heavy (non-hydrogen) atoms. The number of methoxy groups -OCH3 is 5. The van der Waals surface area contributed by atoms with Gasteiger partial charge in [-0.3, -0.25) is 0 Å². The summed E-state index contributed by atoms with van der Waals surface area (Å²) >= 11 is 1.69. The van der Waals surface area contributed by atoms with Crippen LogP contribution in [0.3, 0.4) is 0 Å². The highest BCUT2D eigenvalue weighted by Gasteiger charge is 2.13. The van der Waals surface area contributed by atoms with Gasteiger partial charge in [0.05, 0.1) is 48.8 Å². The zero-order valence-corrected chi connectivity index (χ0v) is 26.6. The van der Waals surface area contributed by atoms with Crippen molar-refractivity contribution in [3.63, 3.8) is 0 Å². The zero-order chi connectivity index (χ0) is 31.3. The lowest BCUT2D eigenvalue weighted by atomic mass is 10.1. The van der Waals surface area contributed by atoms with Crippen LogP contribution >= 0.6 is 11.8 Å². The van der Waals surface area contributed by atoms with Crippen LogP contribution in [0.5, 0.6) is 40.2 Å². The van der Waals surface area contributed by atoms with Crippen molar-refractivity contribution in [1.29, 1.82) is 0 Å². The Hall–Kier alpha value is -4.63. The van der Waals surface area contributed by atoms with Crippen molar-refractivity contribution in [3.8, 4) is 40.2 Å². The molecule has 0 aliphatic rings. The lowest BCUT2D eigenvalue weighted by Gasteiger charge is -2.14. The largest absolute Gasteiger partial charge is 0.493 e. The molecular formula is C35H39NO7S. The van der Waals surface area contributed by atoms with Crippen molar-refractivity contribution in [2.75, 3.05) is 54.5 Å². The maximum Gasteiger partial charge on any atom is 0.203 e. The number of nitrogen functional groups attached to an aromatic ring is 1. The van der Waals surface area contributed by atoms with Crippen LogP contribution in [0, 0.1) is 0 Å². The van der Waals surface area contributed by atoms with Gasteiger partial charge >= 0.3 is 0 Å². The number of rotatable bonds is 16. The van der Waals surface area contributed by atoms with Crippen LogP contribution in [-0.4, -0.2) is 48.8 Å². The number of hydrogen-bond acceptors (Lipinski definition) is 9. The quantitative estimate of drug-likeness (QED) is 0.0590. The van der Waals surface area contributed by atoms with Crippen LogP contribution < -0.4 is 38.9 Å². The first-order valence-corrected chi connectivity index (χ1v) is 15.0. The molecule has 0 aliphatic carbocycles. The van der Waals surface area contributed by atoms with Gasteiger partial charge in [0, 0.05) is 22.8 Å². The molecule has 0 aromatic heterocycles. The average Bonchev–Trinajstić information content (AvgIpc) is 3.06. The van der Waals surface area contributed by atoms with E-state index in [4.69, 9.17) is 38.9 Å². The van der Waals surface area contributed by atoms with Crippen molar-refractivity contribution in [2.45, 2.75) is 17.1 Å². The molecule has 0 atom stereocenters. The number of nitrogens with two attached hydrogens (primary N) is 1. The molecule has 9 heteroatoms. The normalized spacial score (nSPS) is 10.8. The first-order chi connectivity index (χ1) is 21.5. The van der Waals surface area contributed by atoms with Crippen molar-refractivity contribution in [1.82, 2.24) is 0 Å². The van der Waals surface area contributed by atoms with E-state index in [-0.39, 0.29) is 0 Å². The zero-order valence-electron chi connectivity index (χ0n) is 25.8. The highest BCUT2D eigenvalue weighted by molar-refractivity contribution is 7.98. The topological polar surface area (TPSA) is 90.6 Å². The van der Waals surface area contributed by atoms with E-state index in [1.165, 1.54) is 0 Å². The molecule has 0 bridgehead atoms. The molecule has 232 valence electrons. The summed E-state index contributed by atoms with van der Waals surface area (Å²) < 4.78 is 39.6. The predicted molar refractivity (Wildman–Crippen MR) is 177 cm³/mol. The fraction of sp³-hybridized carbons (Fsp3) is 0.257. The van der Waals surface area contributed by atoms with Crippen molar-refractivity contribution >= 4 is 29.6 Å². The van der Waals surface area contributed by atoms with E-state index in [1.54, 1.807) is 47.3 Å². The number of thioether (sulfide) groups is 1. The minimum Gasteiger partial charge on any atom is -0.493 e. The minimum absolute atomic E-state index is 0.446. The van der Waals surface area contributed by atoms with Gasteiger partial charge in [0.2, 0.25) is 5.75 Å². The Morgan fingerprint density at radius 3 is 1.77 bits per heavy atom. The summed E-state index contributed by atoms with van der Waals surface area (Å²) in [6.45, 7) is 0.906. The molecule has 4 aromatic rings. The Balaban J connectivity index is 1.35. The SMILES string of the molecule is COc1ccc(/C=C\c2cc(OC)c(OC)c(OC)c2)cc1OCCCOc1cc(CSc2ccccc2N)ccc1OC. The van der Waals surface area contributed by atoms with E-state index < -0.39 is 0 Å². The van der Waals surface area contributed by atoms with Crippen LogP contribution in [0.4, 0.5) is 5.69 Å². The Bertz CT molecular complexity index is 1530. The highest BCUT2D eigenvalue weighted by Crippen LogP contribution is 2.39. The third-order valence-electron chi connectivity index (χ3n) is 6.69. The second kappa shape index (κ2) is 16.3. The second-order valence-corrected chi connectivity index (χ2v) is 10.6. The standard InChI is InChI=1S/C35H39NO7S/c1-37-28-15-13-24(11-12-25-20-32(39-3)35(41-5)33(21-25)40-4)19-30(28)42-17-8-18-43-31-22-26(14-16-29(31)38-2)23-44-34-10-7-6-9-27(34)36/h6-7,9-16,19-22H,8,17-18,23,36H2,1-5H3/b12-11-. The molecule has 4 rings (SSSR count). The predicted octanol–water partition coefficient (Wildman–Crippen LogP) is 7.62. The Morgan fingerprint density at radius 2 is 1.16 bits per heavy atom. The molecule has 2 N–H and O–H groups in total. The first-order valence-electron chi connectivity index (χ1n) is 14.1. The van der Waals surface area contributed by atoms with Crippen molar-refractivity contribution in [2.24, 2.45) is 0 Å². The van der Waals surface area contributed by atoms with Crippen LogP contribution in [0.25, 0.3) is 12.2 Å². The molecule has 0 spiro atoms. The second-order valence-electron chi connectivity index (χ2n) is 9.56. The van der Waals surface area contributed by atoms with E-state index >= 15 is 0 Å². The summed E-state index contributed by atoms with van der Waals surface area (Å²) in [6, 6.07) is 23.4.